The summed E-state index contributed by atoms with van der Waals surface area (Å²) in [5, 5.41) is 0. The van der Waals surface area contributed by atoms with Gasteiger partial charge in [-0.1, -0.05) is 104 Å². The van der Waals surface area contributed by atoms with Gasteiger partial charge in [0.2, 0.25) is 0 Å². The molecule has 0 N–H and O–H groups in total. The van der Waals surface area contributed by atoms with Crippen LogP contribution in [0.25, 0.3) is 11.1 Å². The van der Waals surface area contributed by atoms with E-state index in [9.17, 15) is 0 Å². The van der Waals surface area contributed by atoms with E-state index in [0.717, 1.165) is 6.42 Å². The lowest BCUT2D eigenvalue weighted by atomic mass is 9.89. The minimum absolute atomic E-state index is 0.371. The Balaban J connectivity index is 1.46. The number of fused-ring (bicyclic) bond motifs is 2. The van der Waals surface area contributed by atoms with Gasteiger partial charge in [-0.25, -0.2) is 0 Å². The molecule has 28 heavy (non-hydrogen) atoms. The molecule has 0 fully saturated rings. The molecule has 0 saturated heterocycles. The van der Waals surface area contributed by atoms with Crippen LogP contribution in [-0.4, -0.2) is 0 Å². The zero-order valence-corrected chi connectivity index (χ0v) is 16.7. The summed E-state index contributed by atoms with van der Waals surface area (Å²) in [6.07, 6.45) is 1.03. The van der Waals surface area contributed by atoms with Crippen LogP contribution in [0.2, 0.25) is 0 Å². The summed E-state index contributed by atoms with van der Waals surface area (Å²) in [6, 6.07) is 35.4. The number of benzene rings is 4. The first kappa shape index (κ1) is 17.3. The van der Waals surface area contributed by atoms with Gasteiger partial charge in [0.05, 0.1) is 0 Å². The molecule has 1 aliphatic heterocycles. The first-order valence-corrected chi connectivity index (χ1v) is 10.6. The lowest BCUT2D eigenvalue weighted by Gasteiger charge is -2.21. The van der Waals surface area contributed by atoms with Gasteiger partial charge in [-0.05, 0) is 51.9 Å². The summed E-state index contributed by atoms with van der Waals surface area (Å²) in [7, 11) is 0. The predicted molar refractivity (Wildman–Crippen MR) is 119 cm³/mol. The SMILES string of the molecule is CC(c1cccc(-c2ccccc2)c1)c1ccc2c(c1)Cc1ccccc1S2. The maximum Gasteiger partial charge on any atom is 0.0158 e. The second kappa shape index (κ2) is 7.33. The number of hydrogen-bond acceptors (Lipinski definition) is 1. The largest absolute Gasteiger partial charge is 0.0895 e. The molecule has 0 spiro atoms. The first-order valence-electron chi connectivity index (χ1n) is 9.82. The van der Waals surface area contributed by atoms with Crippen LogP contribution in [0.5, 0.6) is 0 Å². The van der Waals surface area contributed by atoms with Crippen LogP contribution >= 0.6 is 11.8 Å². The van der Waals surface area contributed by atoms with Crippen molar-refractivity contribution >= 4 is 11.8 Å². The van der Waals surface area contributed by atoms with Crippen molar-refractivity contribution in [2.45, 2.75) is 29.1 Å². The normalized spacial score (nSPS) is 13.5. The third-order valence-corrected chi connectivity index (χ3v) is 6.89. The Bertz CT molecular complexity index is 1130. The van der Waals surface area contributed by atoms with Crippen molar-refractivity contribution in [3.63, 3.8) is 0 Å². The van der Waals surface area contributed by atoms with Crippen LogP contribution < -0.4 is 0 Å². The van der Waals surface area contributed by atoms with Crippen molar-refractivity contribution in [2.24, 2.45) is 0 Å². The van der Waals surface area contributed by atoms with Crippen molar-refractivity contribution in [3.8, 4) is 11.1 Å². The quantitative estimate of drug-likeness (QED) is 0.312. The summed E-state index contributed by atoms with van der Waals surface area (Å²) in [6.45, 7) is 2.32. The van der Waals surface area contributed by atoms with Crippen molar-refractivity contribution in [1.82, 2.24) is 0 Å². The van der Waals surface area contributed by atoms with Gasteiger partial charge in [0.15, 0.2) is 0 Å². The fourth-order valence-electron chi connectivity index (χ4n) is 3.99. The molecule has 0 amide bonds. The fraction of sp³-hybridized carbons (Fsp3) is 0.111. The molecule has 1 aliphatic rings. The number of hydrogen-bond donors (Lipinski definition) is 0. The molecule has 1 atom stereocenters. The van der Waals surface area contributed by atoms with E-state index in [1.54, 1.807) is 0 Å². The highest BCUT2D eigenvalue weighted by Crippen LogP contribution is 2.41. The van der Waals surface area contributed by atoms with Crippen LogP contribution in [0.4, 0.5) is 0 Å². The standard InChI is InChI=1S/C27H22S/c1-19(21-11-7-12-23(16-21)20-8-3-2-4-9-20)22-14-15-27-25(17-22)18-24-10-5-6-13-26(24)28-27/h2-17,19H,18H2,1H3. The van der Waals surface area contributed by atoms with Crippen LogP contribution in [0.1, 0.15) is 35.1 Å². The van der Waals surface area contributed by atoms with Gasteiger partial charge in [-0.3, -0.25) is 0 Å². The van der Waals surface area contributed by atoms with Crippen molar-refractivity contribution in [1.29, 1.82) is 0 Å². The Labute approximate surface area is 171 Å². The van der Waals surface area contributed by atoms with Crippen molar-refractivity contribution in [2.75, 3.05) is 0 Å². The molecule has 1 heteroatoms. The lowest BCUT2D eigenvalue weighted by molar-refractivity contribution is 0.909. The highest BCUT2D eigenvalue weighted by atomic mass is 32.2. The van der Waals surface area contributed by atoms with E-state index in [0.29, 0.717) is 5.92 Å². The van der Waals surface area contributed by atoms with E-state index in [4.69, 9.17) is 0 Å². The summed E-state index contributed by atoms with van der Waals surface area (Å²) >= 11 is 1.90. The average molecular weight is 379 g/mol. The van der Waals surface area contributed by atoms with E-state index in [1.165, 1.54) is 43.2 Å². The molecule has 136 valence electrons. The molecular weight excluding hydrogens is 356 g/mol. The molecule has 0 bridgehead atoms. The third kappa shape index (κ3) is 3.27. The summed E-state index contributed by atoms with van der Waals surface area (Å²) in [5.41, 5.74) is 8.21. The molecule has 0 aliphatic carbocycles. The average Bonchev–Trinajstić information content (AvgIpc) is 2.77. The molecule has 0 radical (unpaired) electrons. The van der Waals surface area contributed by atoms with Gasteiger partial charge in [0.25, 0.3) is 0 Å². The highest BCUT2D eigenvalue weighted by Gasteiger charge is 2.18. The molecule has 0 saturated carbocycles. The minimum atomic E-state index is 0.371. The van der Waals surface area contributed by atoms with Gasteiger partial charge in [-0.15, -0.1) is 0 Å². The summed E-state index contributed by atoms with van der Waals surface area (Å²) < 4.78 is 0. The monoisotopic (exact) mass is 378 g/mol. The van der Waals surface area contributed by atoms with Crippen LogP contribution in [-0.2, 0) is 6.42 Å². The Morgan fingerprint density at radius 2 is 1.32 bits per heavy atom. The summed E-state index contributed by atoms with van der Waals surface area (Å²) in [4.78, 5) is 2.79. The summed E-state index contributed by atoms with van der Waals surface area (Å²) in [5.74, 6) is 0.371. The first-order chi connectivity index (χ1) is 13.8. The van der Waals surface area contributed by atoms with E-state index in [-0.39, 0.29) is 0 Å². The topological polar surface area (TPSA) is 0 Å². The second-order valence-corrected chi connectivity index (χ2v) is 8.55. The predicted octanol–water partition coefficient (Wildman–Crippen LogP) is 7.56. The number of rotatable bonds is 3. The van der Waals surface area contributed by atoms with Crippen molar-refractivity contribution in [3.05, 3.63) is 119 Å². The van der Waals surface area contributed by atoms with E-state index < -0.39 is 0 Å². The van der Waals surface area contributed by atoms with E-state index in [2.05, 4.69) is 104 Å². The van der Waals surface area contributed by atoms with Gasteiger partial charge >= 0.3 is 0 Å². The van der Waals surface area contributed by atoms with E-state index in [1.807, 2.05) is 11.8 Å². The maximum absolute atomic E-state index is 2.41. The van der Waals surface area contributed by atoms with Crippen LogP contribution in [0.15, 0.2) is 107 Å². The zero-order chi connectivity index (χ0) is 18.9. The molecule has 1 unspecified atom stereocenters. The third-order valence-electron chi connectivity index (χ3n) is 5.65. The van der Waals surface area contributed by atoms with Gasteiger partial charge in [-0.2, -0.15) is 0 Å². The Kier molecular flexibility index (Phi) is 4.54. The Morgan fingerprint density at radius 3 is 2.21 bits per heavy atom. The molecule has 0 nitrogen and oxygen atoms in total. The highest BCUT2D eigenvalue weighted by molar-refractivity contribution is 7.99. The Morgan fingerprint density at radius 1 is 0.607 bits per heavy atom. The molecule has 0 aromatic heterocycles. The van der Waals surface area contributed by atoms with Gasteiger partial charge in [0.1, 0.15) is 0 Å². The zero-order valence-electron chi connectivity index (χ0n) is 15.9. The Hall–Kier alpha value is -2.77. The second-order valence-electron chi connectivity index (χ2n) is 7.47. The molecular formula is C27H22S. The lowest BCUT2D eigenvalue weighted by Crippen LogP contribution is -2.03. The fourth-order valence-corrected chi connectivity index (χ4v) is 5.04. The van der Waals surface area contributed by atoms with Crippen LogP contribution in [0.3, 0.4) is 0 Å². The molecule has 1 heterocycles. The van der Waals surface area contributed by atoms with Gasteiger partial charge < -0.3 is 0 Å². The molecule has 5 rings (SSSR count). The van der Waals surface area contributed by atoms with Crippen molar-refractivity contribution < 1.29 is 0 Å². The minimum Gasteiger partial charge on any atom is -0.0895 e. The smallest absolute Gasteiger partial charge is 0.0158 e. The maximum atomic E-state index is 2.41. The van der Waals surface area contributed by atoms with E-state index >= 15 is 0 Å². The molecule has 4 aromatic carbocycles. The van der Waals surface area contributed by atoms with Crippen LogP contribution in [0, 0.1) is 0 Å². The molecule has 4 aromatic rings. The van der Waals surface area contributed by atoms with Gasteiger partial charge in [0, 0.05) is 15.7 Å².